The summed E-state index contributed by atoms with van der Waals surface area (Å²) in [5, 5.41) is 11.8. The number of aromatic nitrogens is 2. The second kappa shape index (κ2) is 6.14. The zero-order chi connectivity index (χ0) is 14.5. The number of ether oxygens (including phenoxy) is 1. The normalized spacial score (nSPS) is 15.2. The molecule has 1 aromatic heterocycles. The van der Waals surface area contributed by atoms with Crippen molar-refractivity contribution in [3.63, 3.8) is 0 Å². The molecule has 1 heterocycles. The van der Waals surface area contributed by atoms with E-state index >= 15 is 0 Å². The van der Waals surface area contributed by atoms with Crippen LogP contribution in [-0.4, -0.2) is 27.5 Å². The maximum absolute atomic E-state index is 12.0. The van der Waals surface area contributed by atoms with Crippen LogP contribution in [0.3, 0.4) is 0 Å². The second-order valence-corrected chi connectivity index (χ2v) is 4.75. The van der Waals surface area contributed by atoms with Gasteiger partial charge in [0.05, 0.1) is 6.07 Å². The lowest BCUT2D eigenvalue weighted by Crippen LogP contribution is -2.52. The van der Waals surface area contributed by atoms with Crippen LogP contribution in [0.25, 0.3) is 0 Å². The van der Waals surface area contributed by atoms with Crippen molar-refractivity contribution in [1.82, 2.24) is 15.3 Å². The maximum atomic E-state index is 12.0. The standard InChI is InChI=1S/C13H18N4O2/c1-9(2)13(4,8-14)17-11(18)10(3)19-12-15-6-5-7-16-12/h5-7,9-10H,1-4H3,(H,17,18). The zero-order valence-corrected chi connectivity index (χ0v) is 11.5. The van der Waals surface area contributed by atoms with E-state index in [2.05, 4.69) is 21.4 Å². The van der Waals surface area contributed by atoms with Crippen LogP contribution in [0, 0.1) is 17.2 Å². The molecule has 0 aromatic carbocycles. The molecule has 0 aliphatic rings. The van der Waals surface area contributed by atoms with Crippen molar-refractivity contribution in [1.29, 1.82) is 5.26 Å². The van der Waals surface area contributed by atoms with Gasteiger partial charge in [-0.3, -0.25) is 4.79 Å². The van der Waals surface area contributed by atoms with E-state index in [1.54, 1.807) is 19.9 Å². The summed E-state index contributed by atoms with van der Waals surface area (Å²) in [7, 11) is 0. The largest absolute Gasteiger partial charge is 0.450 e. The fraction of sp³-hybridized carbons (Fsp3) is 0.538. The third-order valence-electron chi connectivity index (χ3n) is 2.96. The minimum Gasteiger partial charge on any atom is -0.450 e. The van der Waals surface area contributed by atoms with E-state index in [4.69, 9.17) is 10.00 Å². The minimum absolute atomic E-state index is 0.0124. The van der Waals surface area contributed by atoms with Gasteiger partial charge in [0, 0.05) is 12.4 Å². The molecule has 1 rings (SSSR count). The maximum Gasteiger partial charge on any atom is 0.317 e. The molecule has 6 heteroatoms. The summed E-state index contributed by atoms with van der Waals surface area (Å²) in [6.07, 6.45) is 2.29. The van der Waals surface area contributed by atoms with Gasteiger partial charge in [-0.1, -0.05) is 13.8 Å². The number of nitrogens with one attached hydrogen (secondary N) is 1. The summed E-state index contributed by atoms with van der Waals surface area (Å²) in [5.41, 5.74) is -0.924. The van der Waals surface area contributed by atoms with Crippen molar-refractivity contribution in [2.24, 2.45) is 5.92 Å². The van der Waals surface area contributed by atoms with E-state index in [0.717, 1.165) is 0 Å². The molecule has 0 saturated heterocycles. The summed E-state index contributed by atoms with van der Waals surface area (Å²) < 4.78 is 5.30. The molecule has 6 nitrogen and oxygen atoms in total. The SMILES string of the molecule is CC(Oc1ncccn1)C(=O)NC(C)(C#N)C(C)C. The fourth-order valence-electron chi connectivity index (χ4n) is 1.22. The van der Waals surface area contributed by atoms with Crippen molar-refractivity contribution in [3.8, 4) is 12.1 Å². The Balaban J connectivity index is 2.66. The summed E-state index contributed by atoms with van der Waals surface area (Å²) in [6, 6.07) is 3.90. The molecule has 0 saturated carbocycles. The van der Waals surface area contributed by atoms with E-state index in [1.807, 2.05) is 13.8 Å². The lowest BCUT2D eigenvalue weighted by atomic mass is 9.90. The summed E-state index contributed by atoms with van der Waals surface area (Å²) in [5.74, 6) is -0.383. The van der Waals surface area contributed by atoms with E-state index in [0.29, 0.717) is 0 Å². The molecule has 1 amide bonds. The number of amides is 1. The number of carbonyl (C=O) groups excluding carboxylic acids is 1. The van der Waals surface area contributed by atoms with Gasteiger partial charge in [0.15, 0.2) is 6.10 Å². The highest BCUT2D eigenvalue weighted by atomic mass is 16.5. The van der Waals surface area contributed by atoms with Crippen LogP contribution in [0.5, 0.6) is 6.01 Å². The third-order valence-corrected chi connectivity index (χ3v) is 2.96. The first-order valence-electron chi connectivity index (χ1n) is 6.06. The van der Waals surface area contributed by atoms with Crippen molar-refractivity contribution in [3.05, 3.63) is 18.5 Å². The molecule has 1 aromatic rings. The number of hydrogen-bond donors (Lipinski definition) is 1. The molecule has 0 aliphatic heterocycles. The van der Waals surface area contributed by atoms with Gasteiger partial charge in [0.1, 0.15) is 5.54 Å². The molecule has 102 valence electrons. The molecule has 19 heavy (non-hydrogen) atoms. The topological polar surface area (TPSA) is 87.9 Å². The average molecular weight is 262 g/mol. The Hall–Kier alpha value is -2.16. The van der Waals surface area contributed by atoms with Crippen molar-refractivity contribution >= 4 is 5.91 Å². The molecule has 0 fully saturated rings. The number of nitrogens with zero attached hydrogens (tertiary/aromatic N) is 3. The van der Waals surface area contributed by atoms with Crippen LogP contribution in [-0.2, 0) is 4.79 Å². The smallest absolute Gasteiger partial charge is 0.317 e. The average Bonchev–Trinajstić information content (AvgIpc) is 2.39. The third kappa shape index (κ3) is 3.91. The van der Waals surface area contributed by atoms with Gasteiger partial charge in [-0.05, 0) is 25.8 Å². The van der Waals surface area contributed by atoms with Crippen LogP contribution < -0.4 is 10.1 Å². The van der Waals surface area contributed by atoms with E-state index in [1.165, 1.54) is 12.4 Å². The Kier molecular flexibility index (Phi) is 4.81. The Bertz CT molecular complexity index is 469. The van der Waals surface area contributed by atoms with Gasteiger partial charge >= 0.3 is 6.01 Å². The Morgan fingerprint density at radius 1 is 1.42 bits per heavy atom. The van der Waals surface area contributed by atoms with E-state index in [9.17, 15) is 4.79 Å². The number of carbonyl (C=O) groups is 1. The van der Waals surface area contributed by atoms with E-state index < -0.39 is 11.6 Å². The Morgan fingerprint density at radius 2 is 2.00 bits per heavy atom. The molecule has 0 bridgehead atoms. The molecule has 2 atom stereocenters. The van der Waals surface area contributed by atoms with Crippen LogP contribution in [0.4, 0.5) is 0 Å². The van der Waals surface area contributed by atoms with Crippen LogP contribution >= 0.6 is 0 Å². The quantitative estimate of drug-likeness (QED) is 0.864. The highest BCUT2D eigenvalue weighted by molar-refractivity contribution is 5.81. The van der Waals surface area contributed by atoms with Gasteiger partial charge < -0.3 is 10.1 Å². The first-order chi connectivity index (χ1) is 8.89. The lowest BCUT2D eigenvalue weighted by Gasteiger charge is -2.28. The molecule has 0 radical (unpaired) electrons. The highest BCUT2D eigenvalue weighted by Gasteiger charge is 2.32. The zero-order valence-electron chi connectivity index (χ0n) is 11.5. The first-order valence-corrected chi connectivity index (χ1v) is 6.06. The molecule has 2 unspecified atom stereocenters. The first kappa shape index (κ1) is 14.9. The van der Waals surface area contributed by atoms with Gasteiger partial charge in [0.25, 0.3) is 5.91 Å². The molecule has 1 N–H and O–H groups in total. The molecular weight excluding hydrogens is 244 g/mol. The van der Waals surface area contributed by atoms with Crippen LogP contribution in [0.1, 0.15) is 27.7 Å². The molecular formula is C13H18N4O2. The van der Waals surface area contributed by atoms with Gasteiger partial charge in [-0.25, -0.2) is 9.97 Å². The summed E-state index contributed by atoms with van der Waals surface area (Å²) in [6.45, 7) is 7.01. The van der Waals surface area contributed by atoms with Gasteiger partial charge in [0.2, 0.25) is 0 Å². The van der Waals surface area contributed by atoms with Crippen molar-refractivity contribution < 1.29 is 9.53 Å². The lowest BCUT2D eigenvalue weighted by molar-refractivity contribution is -0.129. The van der Waals surface area contributed by atoms with Crippen molar-refractivity contribution in [2.45, 2.75) is 39.3 Å². The van der Waals surface area contributed by atoms with Crippen LogP contribution in [0.15, 0.2) is 18.5 Å². The van der Waals surface area contributed by atoms with Crippen LogP contribution in [0.2, 0.25) is 0 Å². The summed E-state index contributed by atoms with van der Waals surface area (Å²) in [4.78, 5) is 19.7. The predicted molar refractivity (Wildman–Crippen MR) is 69.1 cm³/mol. The number of rotatable bonds is 5. The van der Waals surface area contributed by atoms with Gasteiger partial charge in [-0.2, -0.15) is 5.26 Å². The molecule has 0 aliphatic carbocycles. The second-order valence-electron chi connectivity index (χ2n) is 4.75. The predicted octanol–water partition coefficient (Wildman–Crippen LogP) is 1.30. The summed E-state index contributed by atoms with van der Waals surface area (Å²) >= 11 is 0. The van der Waals surface area contributed by atoms with E-state index in [-0.39, 0.29) is 17.8 Å². The highest BCUT2D eigenvalue weighted by Crippen LogP contribution is 2.15. The molecule has 0 spiro atoms. The van der Waals surface area contributed by atoms with Gasteiger partial charge in [-0.15, -0.1) is 0 Å². The number of nitriles is 1. The van der Waals surface area contributed by atoms with Crippen molar-refractivity contribution in [2.75, 3.05) is 0 Å². The Morgan fingerprint density at radius 3 is 2.47 bits per heavy atom. The minimum atomic E-state index is -0.924. The fourth-order valence-corrected chi connectivity index (χ4v) is 1.22. The Labute approximate surface area is 112 Å². The monoisotopic (exact) mass is 262 g/mol. The number of hydrogen-bond acceptors (Lipinski definition) is 5.